The highest BCUT2D eigenvalue weighted by molar-refractivity contribution is 8.18. The second kappa shape index (κ2) is 9.99. The summed E-state index contributed by atoms with van der Waals surface area (Å²) in [6, 6.07) is 17.6. The van der Waals surface area contributed by atoms with Crippen molar-refractivity contribution in [2.75, 3.05) is 7.11 Å². The van der Waals surface area contributed by atoms with Gasteiger partial charge in [-0.25, -0.2) is 4.99 Å². The molecule has 1 fully saturated rings. The molecule has 0 aliphatic carbocycles. The molecule has 0 bridgehead atoms. The molecular formula is C23H17N3O7S2. The number of amides is 1. The zero-order valence-corrected chi connectivity index (χ0v) is 19.7. The molecule has 1 amide bonds. The van der Waals surface area contributed by atoms with E-state index in [9.17, 15) is 23.3 Å². The average Bonchev–Trinajstić information content (AvgIpc) is 3.19. The molecule has 1 saturated heterocycles. The first-order valence-corrected chi connectivity index (χ1v) is 12.2. The van der Waals surface area contributed by atoms with Crippen LogP contribution in [0.3, 0.4) is 0 Å². The number of non-ortho nitro benzene ring substituents is 1. The fourth-order valence-electron chi connectivity index (χ4n) is 2.95. The molecule has 0 spiro atoms. The van der Waals surface area contributed by atoms with Gasteiger partial charge in [0.1, 0.15) is 16.4 Å². The highest BCUT2D eigenvalue weighted by atomic mass is 32.2. The summed E-state index contributed by atoms with van der Waals surface area (Å²) < 4.78 is 35.1. The average molecular weight is 512 g/mol. The van der Waals surface area contributed by atoms with Crippen molar-refractivity contribution in [2.24, 2.45) is 4.99 Å². The van der Waals surface area contributed by atoms with Crippen LogP contribution in [-0.4, -0.2) is 31.5 Å². The highest BCUT2D eigenvalue weighted by Crippen LogP contribution is 2.29. The van der Waals surface area contributed by atoms with Gasteiger partial charge in [-0.05, 0) is 65.9 Å². The zero-order chi connectivity index (χ0) is 25.0. The number of carbonyl (C=O) groups excluding carboxylic acids is 1. The third-order valence-corrected chi connectivity index (χ3v) is 6.81. The number of hydrogen-bond donors (Lipinski definition) is 1. The summed E-state index contributed by atoms with van der Waals surface area (Å²) in [7, 11) is -2.70. The monoisotopic (exact) mass is 511 g/mol. The van der Waals surface area contributed by atoms with Crippen LogP contribution in [0.5, 0.6) is 11.5 Å². The Morgan fingerprint density at radius 2 is 1.71 bits per heavy atom. The van der Waals surface area contributed by atoms with Crippen LogP contribution in [0.1, 0.15) is 5.56 Å². The molecule has 0 radical (unpaired) electrons. The van der Waals surface area contributed by atoms with Crippen molar-refractivity contribution in [1.29, 1.82) is 0 Å². The molecule has 0 atom stereocenters. The molecule has 3 aromatic rings. The summed E-state index contributed by atoms with van der Waals surface area (Å²) in [5, 5.41) is 14.0. The number of thioether (sulfide) groups is 1. The van der Waals surface area contributed by atoms with Crippen LogP contribution in [0.15, 0.2) is 87.6 Å². The third-order valence-electron chi connectivity index (χ3n) is 4.65. The number of nitro groups is 1. The number of nitro benzene ring substituents is 1. The number of methoxy groups -OCH3 is 1. The number of rotatable bonds is 7. The molecule has 0 aromatic heterocycles. The van der Waals surface area contributed by atoms with E-state index in [4.69, 9.17) is 8.92 Å². The maximum Gasteiger partial charge on any atom is 0.339 e. The first-order chi connectivity index (χ1) is 16.7. The molecule has 35 heavy (non-hydrogen) atoms. The van der Waals surface area contributed by atoms with E-state index in [1.54, 1.807) is 49.6 Å². The minimum atomic E-state index is -4.27. The Hall–Kier alpha value is -4.16. The van der Waals surface area contributed by atoms with Gasteiger partial charge in [0.15, 0.2) is 5.17 Å². The van der Waals surface area contributed by atoms with Gasteiger partial charge in [0.05, 0.1) is 22.6 Å². The molecule has 4 rings (SSSR count). The Labute approximate surface area is 204 Å². The Balaban J connectivity index is 1.46. The first kappa shape index (κ1) is 24.0. The van der Waals surface area contributed by atoms with Gasteiger partial charge in [-0.3, -0.25) is 14.9 Å². The number of benzene rings is 3. The van der Waals surface area contributed by atoms with Gasteiger partial charge in [-0.1, -0.05) is 18.2 Å². The van der Waals surface area contributed by atoms with Crippen LogP contribution in [-0.2, 0) is 14.9 Å². The highest BCUT2D eigenvalue weighted by Gasteiger charge is 2.24. The minimum Gasteiger partial charge on any atom is -0.497 e. The molecule has 0 unspecified atom stereocenters. The van der Waals surface area contributed by atoms with Crippen LogP contribution < -0.4 is 14.2 Å². The van der Waals surface area contributed by atoms with Gasteiger partial charge in [-0.2, -0.15) is 8.42 Å². The van der Waals surface area contributed by atoms with Crippen molar-refractivity contribution < 1.29 is 27.1 Å². The predicted molar refractivity (Wildman–Crippen MR) is 131 cm³/mol. The van der Waals surface area contributed by atoms with Crippen molar-refractivity contribution in [2.45, 2.75) is 4.90 Å². The van der Waals surface area contributed by atoms with Crippen molar-refractivity contribution in [3.05, 3.63) is 93.4 Å². The van der Waals surface area contributed by atoms with E-state index in [2.05, 4.69) is 10.3 Å². The molecule has 178 valence electrons. The summed E-state index contributed by atoms with van der Waals surface area (Å²) in [6.45, 7) is 0. The largest absolute Gasteiger partial charge is 0.497 e. The zero-order valence-electron chi connectivity index (χ0n) is 18.1. The van der Waals surface area contributed by atoms with Crippen LogP contribution in [0, 0.1) is 10.1 Å². The molecular weight excluding hydrogens is 494 g/mol. The third kappa shape index (κ3) is 5.86. The fraction of sp³-hybridized carbons (Fsp3) is 0.0435. The van der Waals surface area contributed by atoms with Crippen molar-refractivity contribution in [3.63, 3.8) is 0 Å². The molecule has 0 saturated carbocycles. The standard InChI is InChI=1S/C23H17N3O7S2/c1-32-18-11-7-16(8-12-18)24-23-25-22(27)21(34-23)13-15-5-9-19(10-6-15)33-35(30,31)20-4-2-3-17(14-20)26(28)29/h2-14H,1H3,(H,24,25,27)/b21-13-. The Morgan fingerprint density at radius 3 is 2.37 bits per heavy atom. The lowest BCUT2D eigenvalue weighted by Gasteiger charge is -2.07. The SMILES string of the molecule is COc1ccc(N=C2NC(=O)/C(=C/c3ccc(OS(=O)(=O)c4cccc([N+](=O)[O-])c4)cc3)S2)cc1. The number of nitrogens with zero attached hydrogens (tertiary/aromatic N) is 2. The van der Waals surface area contributed by atoms with E-state index < -0.39 is 15.0 Å². The number of nitrogens with one attached hydrogen (secondary N) is 1. The maximum absolute atomic E-state index is 12.5. The van der Waals surface area contributed by atoms with Gasteiger partial charge >= 0.3 is 10.1 Å². The lowest BCUT2D eigenvalue weighted by atomic mass is 10.2. The smallest absolute Gasteiger partial charge is 0.339 e. The normalized spacial score (nSPS) is 15.7. The van der Waals surface area contributed by atoms with Crippen molar-refractivity contribution in [1.82, 2.24) is 5.32 Å². The number of amidine groups is 1. The minimum absolute atomic E-state index is 0.0175. The number of ether oxygens (including phenoxy) is 1. The van der Waals surface area contributed by atoms with E-state index >= 15 is 0 Å². The summed E-state index contributed by atoms with van der Waals surface area (Å²) in [4.78, 5) is 27.0. The Kier molecular flexibility index (Phi) is 6.85. The summed E-state index contributed by atoms with van der Waals surface area (Å²) in [6.07, 6.45) is 1.63. The fourth-order valence-corrected chi connectivity index (χ4v) is 4.77. The number of hydrogen-bond acceptors (Lipinski definition) is 9. The van der Waals surface area contributed by atoms with Crippen molar-refractivity contribution >= 4 is 50.4 Å². The quantitative estimate of drug-likeness (QED) is 0.215. The lowest BCUT2D eigenvalue weighted by Crippen LogP contribution is -2.19. The van der Waals surface area contributed by atoms with E-state index in [0.717, 1.165) is 6.07 Å². The molecule has 1 aliphatic heterocycles. The summed E-state index contributed by atoms with van der Waals surface area (Å²) in [5.41, 5.74) is 0.925. The number of carbonyl (C=O) groups is 1. The van der Waals surface area contributed by atoms with Gasteiger partial charge in [0, 0.05) is 12.1 Å². The van der Waals surface area contributed by atoms with Crippen LogP contribution >= 0.6 is 11.8 Å². The summed E-state index contributed by atoms with van der Waals surface area (Å²) >= 11 is 1.17. The molecule has 1 heterocycles. The van der Waals surface area contributed by atoms with E-state index in [-0.39, 0.29) is 22.2 Å². The Morgan fingerprint density at radius 1 is 1.03 bits per heavy atom. The second-order valence-corrected chi connectivity index (χ2v) is 9.62. The van der Waals surface area contributed by atoms with Gasteiger partial charge in [0.25, 0.3) is 11.6 Å². The lowest BCUT2D eigenvalue weighted by molar-refractivity contribution is -0.385. The maximum atomic E-state index is 12.5. The predicted octanol–water partition coefficient (Wildman–Crippen LogP) is 4.26. The van der Waals surface area contributed by atoms with Crippen LogP contribution in [0.4, 0.5) is 11.4 Å². The Bertz CT molecular complexity index is 1450. The molecule has 10 nitrogen and oxygen atoms in total. The molecule has 1 N–H and O–H groups in total. The first-order valence-electron chi connectivity index (χ1n) is 9.96. The van der Waals surface area contributed by atoms with Gasteiger partial charge in [0.2, 0.25) is 0 Å². The van der Waals surface area contributed by atoms with E-state index in [0.29, 0.717) is 27.1 Å². The van der Waals surface area contributed by atoms with E-state index in [1.807, 2.05) is 0 Å². The van der Waals surface area contributed by atoms with Crippen molar-refractivity contribution in [3.8, 4) is 11.5 Å². The molecule has 1 aliphatic rings. The van der Waals surface area contributed by atoms with Gasteiger partial charge in [-0.15, -0.1) is 0 Å². The van der Waals surface area contributed by atoms with Gasteiger partial charge < -0.3 is 14.2 Å². The van der Waals surface area contributed by atoms with Crippen LogP contribution in [0.2, 0.25) is 0 Å². The topological polar surface area (TPSA) is 137 Å². The van der Waals surface area contributed by atoms with E-state index in [1.165, 1.54) is 42.1 Å². The summed E-state index contributed by atoms with van der Waals surface area (Å²) in [5.74, 6) is 0.405. The molecule has 3 aromatic carbocycles. The number of aliphatic imine (C=N–C) groups is 1. The molecule has 12 heteroatoms. The van der Waals surface area contributed by atoms with Crippen LogP contribution in [0.25, 0.3) is 6.08 Å². The second-order valence-electron chi connectivity index (χ2n) is 7.04.